The Morgan fingerprint density at radius 3 is 2.62 bits per heavy atom. The van der Waals surface area contributed by atoms with Gasteiger partial charge in [0.25, 0.3) is 0 Å². The minimum Gasteiger partial charge on any atom is -0.478 e. The number of fused-ring (bicyclic) bond motifs is 1. The molecule has 2 aliphatic rings. The van der Waals surface area contributed by atoms with E-state index in [0.717, 1.165) is 12.5 Å². The molecule has 0 unspecified atom stereocenters. The van der Waals surface area contributed by atoms with Crippen LogP contribution in [0.1, 0.15) is 51.8 Å². The third-order valence-corrected chi connectivity index (χ3v) is 6.69. The highest BCUT2D eigenvalue weighted by Crippen LogP contribution is 2.41. The van der Waals surface area contributed by atoms with Crippen molar-refractivity contribution in [3.63, 3.8) is 0 Å². The maximum absolute atomic E-state index is 11.5. The molecule has 1 saturated carbocycles. The number of likely N-dealkylation sites (N-methyl/N-ethyl adjacent to an activating group) is 1. The SMILES string of the molecule is CN(c1ccc(C2CC2)cc1)c1ccc2c(c1)CN(C)[C@H]2CNc1cnccc1C(=O)O. The smallest absolute Gasteiger partial charge is 0.337 e. The van der Waals surface area contributed by atoms with E-state index in [1.54, 1.807) is 6.20 Å². The molecule has 164 valence electrons. The van der Waals surface area contributed by atoms with Gasteiger partial charge in [-0.25, -0.2) is 4.79 Å². The molecule has 0 spiro atoms. The van der Waals surface area contributed by atoms with Gasteiger partial charge in [-0.3, -0.25) is 9.88 Å². The van der Waals surface area contributed by atoms with Crippen molar-refractivity contribution >= 4 is 23.0 Å². The molecular formula is C26H28N4O2. The van der Waals surface area contributed by atoms with Gasteiger partial charge in [0.05, 0.1) is 23.5 Å². The maximum Gasteiger partial charge on any atom is 0.337 e. The predicted molar refractivity (Wildman–Crippen MR) is 127 cm³/mol. The van der Waals surface area contributed by atoms with E-state index in [1.165, 1.54) is 53.2 Å². The zero-order chi connectivity index (χ0) is 22.2. The number of nitrogens with one attached hydrogen (secondary N) is 1. The fourth-order valence-corrected chi connectivity index (χ4v) is 4.61. The monoisotopic (exact) mass is 428 g/mol. The molecule has 1 atom stereocenters. The number of rotatable bonds is 7. The van der Waals surface area contributed by atoms with Crippen molar-refractivity contribution in [3.05, 3.63) is 83.2 Å². The highest BCUT2D eigenvalue weighted by atomic mass is 16.4. The van der Waals surface area contributed by atoms with Crippen molar-refractivity contribution in [2.24, 2.45) is 0 Å². The normalized spacial score (nSPS) is 17.8. The maximum atomic E-state index is 11.5. The van der Waals surface area contributed by atoms with Crippen LogP contribution in [0.4, 0.5) is 17.1 Å². The number of carbonyl (C=O) groups is 1. The minimum atomic E-state index is -0.951. The lowest BCUT2D eigenvalue weighted by atomic mass is 10.0. The van der Waals surface area contributed by atoms with E-state index < -0.39 is 5.97 Å². The Hall–Kier alpha value is -3.38. The lowest BCUT2D eigenvalue weighted by Gasteiger charge is -2.22. The number of nitrogens with zero attached hydrogens (tertiary/aromatic N) is 3. The second-order valence-corrected chi connectivity index (χ2v) is 8.85. The first kappa shape index (κ1) is 20.5. The first-order valence-corrected chi connectivity index (χ1v) is 11.1. The largest absolute Gasteiger partial charge is 0.478 e. The number of carboxylic acid groups (broad SMARTS) is 1. The predicted octanol–water partition coefficient (Wildman–Crippen LogP) is 5.02. The molecular weight excluding hydrogens is 400 g/mol. The molecule has 0 bridgehead atoms. The molecule has 0 amide bonds. The van der Waals surface area contributed by atoms with Crippen LogP contribution in [0, 0.1) is 0 Å². The quantitative estimate of drug-likeness (QED) is 0.551. The molecule has 0 saturated heterocycles. The third kappa shape index (κ3) is 3.94. The van der Waals surface area contributed by atoms with Crippen molar-refractivity contribution in [1.82, 2.24) is 9.88 Å². The number of carboxylic acids is 1. The number of aromatic carboxylic acids is 1. The van der Waals surface area contributed by atoms with Gasteiger partial charge in [-0.2, -0.15) is 0 Å². The summed E-state index contributed by atoms with van der Waals surface area (Å²) in [6.07, 6.45) is 5.72. The summed E-state index contributed by atoms with van der Waals surface area (Å²) in [5, 5.41) is 12.7. The number of pyridine rings is 1. The van der Waals surface area contributed by atoms with Crippen LogP contribution in [0.3, 0.4) is 0 Å². The summed E-state index contributed by atoms with van der Waals surface area (Å²) in [6, 6.07) is 17.3. The number of hydrogen-bond acceptors (Lipinski definition) is 5. The Labute approximate surface area is 188 Å². The molecule has 2 N–H and O–H groups in total. The summed E-state index contributed by atoms with van der Waals surface area (Å²) in [6.45, 7) is 1.48. The Kier molecular flexibility index (Phi) is 5.31. The van der Waals surface area contributed by atoms with Crippen LogP contribution < -0.4 is 10.2 Å². The van der Waals surface area contributed by atoms with Gasteiger partial charge in [-0.15, -0.1) is 0 Å². The van der Waals surface area contributed by atoms with E-state index in [-0.39, 0.29) is 11.6 Å². The first-order chi connectivity index (χ1) is 15.5. The van der Waals surface area contributed by atoms with Gasteiger partial charge in [-0.05, 0) is 72.8 Å². The third-order valence-electron chi connectivity index (χ3n) is 6.69. The van der Waals surface area contributed by atoms with Crippen molar-refractivity contribution in [2.75, 3.05) is 30.9 Å². The number of hydrogen-bond donors (Lipinski definition) is 2. The van der Waals surface area contributed by atoms with Crippen LogP contribution in [0.2, 0.25) is 0 Å². The van der Waals surface area contributed by atoms with Gasteiger partial charge in [-0.1, -0.05) is 18.2 Å². The number of aromatic nitrogens is 1. The molecule has 2 heterocycles. The Morgan fingerprint density at radius 2 is 1.91 bits per heavy atom. The summed E-state index contributed by atoms with van der Waals surface area (Å²) in [7, 11) is 4.22. The topological polar surface area (TPSA) is 68.7 Å². The van der Waals surface area contributed by atoms with Gasteiger partial charge in [0, 0.05) is 37.7 Å². The van der Waals surface area contributed by atoms with Gasteiger partial charge >= 0.3 is 5.97 Å². The van der Waals surface area contributed by atoms with Crippen LogP contribution in [-0.4, -0.2) is 41.6 Å². The second kappa shape index (κ2) is 8.28. The molecule has 1 aliphatic carbocycles. The van der Waals surface area contributed by atoms with Gasteiger partial charge in [0.1, 0.15) is 0 Å². The van der Waals surface area contributed by atoms with E-state index in [9.17, 15) is 9.90 Å². The van der Waals surface area contributed by atoms with E-state index in [1.807, 2.05) is 0 Å². The summed E-state index contributed by atoms with van der Waals surface area (Å²) >= 11 is 0. The summed E-state index contributed by atoms with van der Waals surface area (Å²) in [5.41, 5.74) is 7.19. The molecule has 6 heteroatoms. The lowest BCUT2D eigenvalue weighted by Crippen LogP contribution is -2.24. The molecule has 32 heavy (non-hydrogen) atoms. The fourth-order valence-electron chi connectivity index (χ4n) is 4.61. The molecule has 1 aliphatic heterocycles. The van der Waals surface area contributed by atoms with Crippen LogP contribution in [-0.2, 0) is 6.54 Å². The average Bonchev–Trinajstić information content (AvgIpc) is 3.60. The molecule has 1 fully saturated rings. The zero-order valence-corrected chi connectivity index (χ0v) is 18.5. The Bertz CT molecular complexity index is 1140. The number of anilines is 3. The first-order valence-electron chi connectivity index (χ1n) is 11.1. The van der Waals surface area contributed by atoms with E-state index in [0.29, 0.717) is 12.2 Å². The molecule has 1 aromatic heterocycles. The lowest BCUT2D eigenvalue weighted by molar-refractivity contribution is 0.0697. The fraction of sp³-hybridized carbons (Fsp3) is 0.308. The van der Waals surface area contributed by atoms with Crippen molar-refractivity contribution in [3.8, 4) is 0 Å². The van der Waals surface area contributed by atoms with E-state index >= 15 is 0 Å². The second-order valence-electron chi connectivity index (χ2n) is 8.85. The Morgan fingerprint density at radius 1 is 1.16 bits per heavy atom. The van der Waals surface area contributed by atoms with E-state index in [2.05, 4.69) is 76.7 Å². The van der Waals surface area contributed by atoms with Crippen LogP contribution in [0.15, 0.2) is 60.9 Å². The molecule has 5 rings (SSSR count). The number of benzene rings is 2. The highest BCUT2D eigenvalue weighted by Gasteiger charge is 2.28. The van der Waals surface area contributed by atoms with Crippen molar-refractivity contribution in [2.45, 2.75) is 31.3 Å². The van der Waals surface area contributed by atoms with Crippen LogP contribution in [0.25, 0.3) is 0 Å². The summed E-state index contributed by atoms with van der Waals surface area (Å²) < 4.78 is 0. The van der Waals surface area contributed by atoms with Gasteiger partial charge in [0.15, 0.2) is 0 Å². The van der Waals surface area contributed by atoms with Crippen molar-refractivity contribution < 1.29 is 9.90 Å². The van der Waals surface area contributed by atoms with Crippen LogP contribution in [0.5, 0.6) is 0 Å². The van der Waals surface area contributed by atoms with Crippen LogP contribution >= 0.6 is 0 Å². The standard InChI is InChI=1S/C26H28N4O2/c1-29-16-19-13-21(30(2)20-7-5-18(6-8-20)17-3-4-17)9-10-22(19)25(29)15-28-24-14-27-12-11-23(24)26(31)32/h5-14,17,25,28H,3-4,15-16H2,1-2H3,(H,31,32)/t25-/m0/s1. The average molecular weight is 429 g/mol. The minimum absolute atomic E-state index is 0.170. The van der Waals surface area contributed by atoms with Gasteiger partial charge < -0.3 is 15.3 Å². The highest BCUT2D eigenvalue weighted by molar-refractivity contribution is 5.93. The Balaban J connectivity index is 1.32. The van der Waals surface area contributed by atoms with E-state index in [4.69, 9.17) is 0 Å². The van der Waals surface area contributed by atoms with Crippen molar-refractivity contribution in [1.29, 1.82) is 0 Å². The summed E-state index contributed by atoms with van der Waals surface area (Å²) in [5.74, 6) is -0.179. The summed E-state index contributed by atoms with van der Waals surface area (Å²) in [4.78, 5) is 20.1. The van der Waals surface area contributed by atoms with Gasteiger partial charge in [0.2, 0.25) is 0 Å². The molecule has 3 aromatic rings. The zero-order valence-electron chi connectivity index (χ0n) is 18.5. The molecule has 2 aromatic carbocycles. The molecule has 6 nitrogen and oxygen atoms in total. The molecule has 0 radical (unpaired) electrons.